The van der Waals surface area contributed by atoms with Crippen LogP contribution in [-0.2, 0) is 11.3 Å². The van der Waals surface area contributed by atoms with Gasteiger partial charge in [-0.25, -0.2) is 4.98 Å². The van der Waals surface area contributed by atoms with Crippen LogP contribution >= 0.6 is 0 Å². The monoisotopic (exact) mass is 357 g/mol. The van der Waals surface area contributed by atoms with Crippen LogP contribution in [0, 0.1) is 0 Å². The molecule has 26 heavy (non-hydrogen) atoms. The maximum Gasteiger partial charge on any atom is 0.274 e. The van der Waals surface area contributed by atoms with Gasteiger partial charge >= 0.3 is 0 Å². The molecule has 0 aliphatic carbocycles. The number of pyridine rings is 1. The minimum absolute atomic E-state index is 0.0769. The van der Waals surface area contributed by atoms with E-state index in [0.717, 1.165) is 43.6 Å². The fraction of sp³-hybridized carbons (Fsp3) is 0.526. The first-order chi connectivity index (χ1) is 12.5. The Hall–Kier alpha value is -2.41. The van der Waals surface area contributed by atoms with Gasteiger partial charge in [0.25, 0.3) is 5.91 Å². The quantitative estimate of drug-likeness (QED) is 0.817. The predicted molar refractivity (Wildman–Crippen MR) is 99.7 cm³/mol. The Bertz CT molecular complexity index is 800. The highest BCUT2D eigenvalue weighted by atomic mass is 16.2. The van der Waals surface area contributed by atoms with Gasteiger partial charge in [-0.3, -0.25) is 14.5 Å². The van der Waals surface area contributed by atoms with Crippen molar-refractivity contribution >= 4 is 17.5 Å². The fourth-order valence-corrected chi connectivity index (χ4v) is 3.58. The Morgan fingerprint density at radius 1 is 1.38 bits per heavy atom. The molecule has 0 spiro atoms. The summed E-state index contributed by atoms with van der Waals surface area (Å²) in [5.74, 6) is -0.378. The van der Waals surface area contributed by atoms with Gasteiger partial charge in [-0.2, -0.15) is 0 Å². The zero-order valence-corrected chi connectivity index (χ0v) is 15.5. The molecule has 0 unspecified atom stereocenters. The van der Waals surface area contributed by atoms with E-state index in [1.54, 1.807) is 4.90 Å². The number of hydrogen-bond donors (Lipinski definition) is 1. The van der Waals surface area contributed by atoms with Crippen molar-refractivity contribution in [3.8, 4) is 0 Å². The van der Waals surface area contributed by atoms with Crippen molar-refractivity contribution < 1.29 is 9.59 Å². The number of unbranched alkanes of at least 4 members (excludes halogenated alkanes) is 1. The number of primary amides is 1. The molecular weight excluding hydrogens is 330 g/mol. The molecule has 140 valence electrons. The number of nitrogens with two attached hydrogens (primary N) is 1. The van der Waals surface area contributed by atoms with Crippen molar-refractivity contribution in [1.29, 1.82) is 0 Å². The molecule has 7 heteroatoms. The van der Waals surface area contributed by atoms with Crippen LogP contribution in [0.2, 0.25) is 0 Å². The molecular formula is C19H27N5O2. The van der Waals surface area contributed by atoms with Crippen LogP contribution in [0.5, 0.6) is 0 Å². The molecule has 1 atom stereocenters. The maximum atomic E-state index is 13.0. The average Bonchev–Trinajstić information content (AvgIpc) is 3.24. The van der Waals surface area contributed by atoms with Gasteiger partial charge in [-0.05, 0) is 37.9 Å². The minimum Gasteiger partial charge on any atom is -0.368 e. The molecule has 7 nitrogen and oxygen atoms in total. The zero-order valence-electron chi connectivity index (χ0n) is 15.5. The van der Waals surface area contributed by atoms with Crippen molar-refractivity contribution in [3.63, 3.8) is 0 Å². The number of carbonyl (C=O) groups is 2. The van der Waals surface area contributed by atoms with E-state index in [2.05, 4.69) is 16.8 Å². The number of aromatic nitrogens is 2. The van der Waals surface area contributed by atoms with Gasteiger partial charge in [0.15, 0.2) is 5.69 Å². The summed E-state index contributed by atoms with van der Waals surface area (Å²) in [5, 5.41) is 0. The van der Waals surface area contributed by atoms with Crippen LogP contribution < -0.4 is 5.73 Å². The molecule has 3 heterocycles. The summed E-state index contributed by atoms with van der Waals surface area (Å²) >= 11 is 0. The summed E-state index contributed by atoms with van der Waals surface area (Å²) in [7, 11) is 1.81. The Labute approximate surface area is 153 Å². The van der Waals surface area contributed by atoms with E-state index in [-0.39, 0.29) is 17.9 Å². The minimum atomic E-state index is -0.302. The highest BCUT2D eigenvalue weighted by molar-refractivity contribution is 5.94. The molecule has 3 rings (SSSR count). The third-order valence-electron chi connectivity index (χ3n) is 5.07. The molecule has 2 amide bonds. The van der Waals surface area contributed by atoms with E-state index in [9.17, 15) is 9.59 Å². The molecule has 1 saturated heterocycles. The predicted octanol–water partition coefficient (Wildman–Crippen LogP) is 1.66. The lowest BCUT2D eigenvalue weighted by Gasteiger charge is -2.22. The first kappa shape index (κ1) is 18.4. The second kappa shape index (κ2) is 7.86. The van der Waals surface area contributed by atoms with Gasteiger partial charge in [0.05, 0.1) is 11.7 Å². The van der Waals surface area contributed by atoms with Crippen LogP contribution in [0.4, 0.5) is 0 Å². The number of hydrogen-bond acceptors (Lipinski definition) is 4. The Balaban J connectivity index is 1.94. The summed E-state index contributed by atoms with van der Waals surface area (Å²) in [6, 6.07) is 5.44. The van der Waals surface area contributed by atoms with Crippen molar-refractivity contribution in [1.82, 2.24) is 19.2 Å². The molecule has 0 saturated carbocycles. The van der Waals surface area contributed by atoms with Gasteiger partial charge in [-0.1, -0.05) is 19.4 Å². The number of rotatable bonds is 7. The zero-order chi connectivity index (χ0) is 18.7. The summed E-state index contributed by atoms with van der Waals surface area (Å²) in [6.45, 7) is 4.09. The van der Waals surface area contributed by atoms with E-state index < -0.39 is 0 Å². The summed E-state index contributed by atoms with van der Waals surface area (Å²) < 4.78 is 1.94. The SMILES string of the molecule is CCCCN(C)C(=O)c1nc2ccccn2c1CN1CCC[C@@H]1C(N)=O. The molecule has 2 aromatic heterocycles. The largest absolute Gasteiger partial charge is 0.368 e. The van der Waals surface area contributed by atoms with Crippen molar-refractivity contribution in [2.45, 2.75) is 45.2 Å². The lowest BCUT2D eigenvalue weighted by molar-refractivity contribution is -0.122. The smallest absolute Gasteiger partial charge is 0.274 e. The second-order valence-corrected chi connectivity index (χ2v) is 6.95. The first-order valence-electron chi connectivity index (χ1n) is 9.27. The van der Waals surface area contributed by atoms with E-state index >= 15 is 0 Å². The van der Waals surface area contributed by atoms with Gasteiger partial charge in [0.2, 0.25) is 5.91 Å². The maximum absolute atomic E-state index is 13.0. The molecule has 2 aromatic rings. The molecule has 1 aliphatic heterocycles. The second-order valence-electron chi connectivity index (χ2n) is 6.95. The van der Waals surface area contributed by atoms with Crippen LogP contribution in [0.15, 0.2) is 24.4 Å². The summed E-state index contributed by atoms with van der Waals surface area (Å²) in [5.41, 5.74) is 7.58. The molecule has 0 aromatic carbocycles. The molecule has 2 N–H and O–H groups in total. The van der Waals surface area contributed by atoms with E-state index in [1.807, 2.05) is 35.8 Å². The third-order valence-corrected chi connectivity index (χ3v) is 5.07. The van der Waals surface area contributed by atoms with Crippen molar-refractivity contribution in [3.05, 3.63) is 35.8 Å². The molecule has 0 radical (unpaired) electrons. The van der Waals surface area contributed by atoms with Crippen LogP contribution in [0.3, 0.4) is 0 Å². The van der Waals surface area contributed by atoms with Crippen molar-refractivity contribution in [2.24, 2.45) is 5.73 Å². The van der Waals surface area contributed by atoms with Gasteiger partial charge < -0.3 is 15.0 Å². The van der Waals surface area contributed by atoms with Gasteiger partial charge in [0.1, 0.15) is 5.65 Å². The highest BCUT2D eigenvalue weighted by Crippen LogP contribution is 2.23. The van der Waals surface area contributed by atoms with E-state index in [0.29, 0.717) is 18.8 Å². The Morgan fingerprint density at radius 2 is 2.19 bits per heavy atom. The third kappa shape index (κ3) is 3.58. The Kier molecular flexibility index (Phi) is 5.56. The first-order valence-corrected chi connectivity index (χ1v) is 9.27. The van der Waals surface area contributed by atoms with Crippen molar-refractivity contribution in [2.75, 3.05) is 20.1 Å². The number of likely N-dealkylation sites (tertiary alicyclic amines) is 1. The number of imidazole rings is 1. The van der Waals surface area contributed by atoms with Crippen LogP contribution in [0.25, 0.3) is 5.65 Å². The lowest BCUT2D eigenvalue weighted by atomic mass is 10.2. The number of amides is 2. The molecule has 1 fully saturated rings. The highest BCUT2D eigenvalue weighted by Gasteiger charge is 2.31. The van der Waals surface area contributed by atoms with Gasteiger partial charge in [-0.15, -0.1) is 0 Å². The van der Waals surface area contributed by atoms with E-state index in [4.69, 9.17) is 5.73 Å². The topological polar surface area (TPSA) is 83.9 Å². The fourth-order valence-electron chi connectivity index (χ4n) is 3.58. The number of fused-ring (bicyclic) bond motifs is 1. The standard InChI is InChI=1S/C19H27N5O2/c1-3-4-10-22(2)19(26)17-15(24-12-6-5-9-16(24)21-17)13-23-11-7-8-14(23)18(20)25/h5-6,9,12,14H,3-4,7-8,10-11,13H2,1-2H3,(H2,20,25)/t14-/m1/s1. The number of nitrogens with zero attached hydrogens (tertiary/aromatic N) is 4. The van der Waals surface area contributed by atoms with E-state index in [1.165, 1.54) is 0 Å². The average molecular weight is 357 g/mol. The molecule has 1 aliphatic rings. The normalized spacial score (nSPS) is 17.7. The van der Waals surface area contributed by atoms with Crippen LogP contribution in [0.1, 0.15) is 48.8 Å². The summed E-state index contributed by atoms with van der Waals surface area (Å²) in [6.07, 6.45) is 5.61. The van der Waals surface area contributed by atoms with Gasteiger partial charge in [0, 0.05) is 26.3 Å². The Morgan fingerprint density at radius 3 is 2.92 bits per heavy atom. The summed E-state index contributed by atoms with van der Waals surface area (Å²) in [4.78, 5) is 33.1. The number of carbonyl (C=O) groups excluding carboxylic acids is 2. The molecule has 0 bridgehead atoms. The van der Waals surface area contributed by atoms with Crippen LogP contribution in [-0.4, -0.2) is 57.2 Å². The lowest BCUT2D eigenvalue weighted by Crippen LogP contribution is -2.40.